The molecule has 1 aliphatic rings. The van der Waals surface area contributed by atoms with Crippen LogP contribution in [0.1, 0.15) is 72.2 Å². The van der Waals surface area contributed by atoms with E-state index in [1.54, 1.807) is 30.3 Å². The molecule has 3 aromatic rings. The SMILES string of the molecule is CCCCc1nc2c(n1Cc1ccc(OC(C(=O)O)c3ccccc3Cl)c(CCC)c1)C(=O)NCC(=O)N2. The number of nitrogens with zero attached hydrogens (tertiary/aromatic N) is 2. The van der Waals surface area contributed by atoms with Crippen molar-refractivity contribution in [2.45, 2.75) is 58.6 Å². The minimum atomic E-state index is -1.26. The number of hydrogen-bond donors (Lipinski definition) is 3. The van der Waals surface area contributed by atoms with Crippen LogP contribution in [0.2, 0.25) is 5.02 Å². The number of fused-ring (bicyclic) bond motifs is 1. The van der Waals surface area contributed by atoms with E-state index in [2.05, 4.69) is 22.5 Å². The third kappa shape index (κ3) is 5.99. The van der Waals surface area contributed by atoms with Gasteiger partial charge in [0, 0.05) is 23.6 Å². The summed E-state index contributed by atoms with van der Waals surface area (Å²) < 4.78 is 7.86. The highest BCUT2D eigenvalue weighted by molar-refractivity contribution is 6.31. The molecule has 3 N–H and O–H groups in total. The van der Waals surface area contributed by atoms with Gasteiger partial charge in [-0.15, -0.1) is 0 Å². The van der Waals surface area contributed by atoms with Crippen molar-refractivity contribution in [2.75, 3.05) is 11.9 Å². The van der Waals surface area contributed by atoms with Crippen molar-refractivity contribution in [3.05, 3.63) is 75.7 Å². The van der Waals surface area contributed by atoms with Crippen LogP contribution in [0.25, 0.3) is 0 Å². The van der Waals surface area contributed by atoms with E-state index in [-0.39, 0.29) is 24.2 Å². The largest absolute Gasteiger partial charge is 0.478 e. The van der Waals surface area contributed by atoms with Crippen LogP contribution in [0, 0.1) is 0 Å². The van der Waals surface area contributed by atoms with E-state index in [4.69, 9.17) is 16.3 Å². The number of aromatic nitrogens is 2. The maximum absolute atomic E-state index is 12.9. The van der Waals surface area contributed by atoms with Crippen LogP contribution in [0.4, 0.5) is 5.82 Å². The van der Waals surface area contributed by atoms with Crippen LogP contribution in [0.3, 0.4) is 0 Å². The molecule has 9 nitrogen and oxygen atoms in total. The number of aliphatic carboxylic acids is 1. The summed E-state index contributed by atoms with van der Waals surface area (Å²) >= 11 is 6.27. The molecule has 0 saturated heterocycles. The van der Waals surface area contributed by atoms with Gasteiger partial charge in [0.2, 0.25) is 12.0 Å². The number of aryl methyl sites for hydroxylation is 2. The third-order valence-electron chi connectivity index (χ3n) is 6.32. The number of ether oxygens (including phenoxy) is 1. The van der Waals surface area contributed by atoms with E-state index < -0.39 is 12.1 Å². The zero-order valence-corrected chi connectivity index (χ0v) is 22.2. The number of carboxylic acids is 1. The molecule has 1 unspecified atom stereocenters. The summed E-state index contributed by atoms with van der Waals surface area (Å²) in [6, 6.07) is 12.3. The van der Waals surface area contributed by atoms with Gasteiger partial charge < -0.3 is 25.0 Å². The van der Waals surface area contributed by atoms with Crippen LogP contribution >= 0.6 is 11.6 Å². The summed E-state index contributed by atoms with van der Waals surface area (Å²) in [7, 11) is 0. The zero-order chi connectivity index (χ0) is 27.2. The Bertz CT molecular complexity index is 1350. The van der Waals surface area contributed by atoms with E-state index in [9.17, 15) is 19.5 Å². The topological polar surface area (TPSA) is 123 Å². The maximum atomic E-state index is 12.9. The fraction of sp³-hybridized carbons (Fsp3) is 0.357. The van der Waals surface area contributed by atoms with Gasteiger partial charge in [0.15, 0.2) is 11.5 Å². The first kappa shape index (κ1) is 27.2. The van der Waals surface area contributed by atoms with Gasteiger partial charge in [-0.25, -0.2) is 9.78 Å². The van der Waals surface area contributed by atoms with E-state index in [0.29, 0.717) is 41.4 Å². The maximum Gasteiger partial charge on any atom is 0.349 e. The molecule has 10 heteroatoms. The lowest BCUT2D eigenvalue weighted by molar-refractivity contribution is -0.145. The number of anilines is 1. The summed E-state index contributed by atoms with van der Waals surface area (Å²) in [5.74, 6) is -0.360. The number of imidazole rings is 1. The van der Waals surface area contributed by atoms with Gasteiger partial charge in [0.25, 0.3) is 5.91 Å². The second kappa shape index (κ2) is 12.1. The molecule has 1 aliphatic heterocycles. The number of carbonyl (C=O) groups is 3. The Morgan fingerprint density at radius 3 is 2.66 bits per heavy atom. The predicted molar refractivity (Wildman–Crippen MR) is 144 cm³/mol. The van der Waals surface area contributed by atoms with E-state index in [0.717, 1.165) is 36.2 Å². The van der Waals surface area contributed by atoms with E-state index in [1.807, 2.05) is 23.6 Å². The standard InChI is InChI=1S/C28H31ClN4O5/c1-3-5-11-22-31-26-24(27(35)30-15-23(34)32-26)33(22)16-17-12-13-21(18(14-17)8-4-2)38-25(28(36)37)19-9-6-7-10-20(19)29/h6-7,9-10,12-14,25H,3-5,8,11,15-16H2,1-2H3,(H,30,35)(H,32,34)(H,36,37). The minimum absolute atomic E-state index is 0.109. The van der Waals surface area contributed by atoms with Gasteiger partial charge in [-0.05, 0) is 36.1 Å². The summed E-state index contributed by atoms with van der Waals surface area (Å²) in [6.45, 7) is 4.36. The van der Waals surface area contributed by atoms with Crippen LogP contribution < -0.4 is 15.4 Å². The van der Waals surface area contributed by atoms with Crippen molar-refractivity contribution in [3.8, 4) is 5.75 Å². The van der Waals surface area contributed by atoms with E-state index in [1.165, 1.54) is 0 Å². The second-order valence-corrected chi connectivity index (χ2v) is 9.60. The number of benzene rings is 2. The molecule has 2 aromatic carbocycles. The van der Waals surface area contributed by atoms with Crippen LogP contribution in [-0.2, 0) is 29.0 Å². The number of carbonyl (C=O) groups excluding carboxylic acids is 2. The van der Waals surface area contributed by atoms with Crippen molar-refractivity contribution in [2.24, 2.45) is 0 Å². The Labute approximate surface area is 226 Å². The number of nitrogens with one attached hydrogen (secondary N) is 2. The van der Waals surface area contributed by atoms with E-state index >= 15 is 0 Å². The first-order chi connectivity index (χ1) is 18.3. The number of rotatable bonds is 11. The molecule has 2 heterocycles. The van der Waals surface area contributed by atoms with Gasteiger partial charge in [-0.1, -0.05) is 68.6 Å². The summed E-state index contributed by atoms with van der Waals surface area (Å²) in [6.07, 6.45) is 2.73. The van der Waals surface area contributed by atoms with Gasteiger partial charge in [0.1, 0.15) is 11.6 Å². The first-order valence-corrected chi connectivity index (χ1v) is 13.1. The van der Waals surface area contributed by atoms with Crippen molar-refractivity contribution in [3.63, 3.8) is 0 Å². The smallest absolute Gasteiger partial charge is 0.349 e. The van der Waals surface area contributed by atoms with Gasteiger partial charge in [-0.2, -0.15) is 0 Å². The monoisotopic (exact) mass is 538 g/mol. The Morgan fingerprint density at radius 2 is 1.95 bits per heavy atom. The van der Waals surface area contributed by atoms with Crippen molar-refractivity contribution in [1.29, 1.82) is 0 Å². The number of amides is 2. The zero-order valence-electron chi connectivity index (χ0n) is 21.4. The normalized spacial score (nSPS) is 13.8. The molecular formula is C28H31ClN4O5. The molecule has 1 aromatic heterocycles. The minimum Gasteiger partial charge on any atom is -0.478 e. The number of hydrogen-bond acceptors (Lipinski definition) is 5. The summed E-state index contributed by atoms with van der Waals surface area (Å²) in [5, 5.41) is 15.6. The van der Waals surface area contributed by atoms with Gasteiger partial charge in [0.05, 0.1) is 6.54 Å². The average molecular weight is 539 g/mol. The van der Waals surface area contributed by atoms with Crippen LogP contribution in [0.5, 0.6) is 5.75 Å². The highest BCUT2D eigenvalue weighted by Gasteiger charge is 2.28. The van der Waals surface area contributed by atoms with Crippen LogP contribution in [0.15, 0.2) is 42.5 Å². The predicted octanol–water partition coefficient (Wildman–Crippen LogP) is 4.77. The Morgan fingerprint density at radius 1 is 1.16 bits per heavy atom. The number of halogens is 1. The van der Waals surface area contributed by atoms with Crippen molar-refractivity contribution in [1.82, 2.24) is 14.9 Å². The molecule has 0 spiro atoms. The first-order valence-electron chi connectivity index (χ1n) is 12.8. The Balaban J connectivity index is 1.69. The average Bonchev–Trinajstić information content (AvgIpc) is 3.14. The lowest BCUT2D eigenvalue weighted by Crippen LogP contribution is -2.30. The molecule has 0 radical (unpaired) electrons. The lowest BCUT2D eigenvalue weighted by atomic mass is 10.0. The molecule has 200 valence electrons. The molecular weight excluding hydrogens is 508 g/mol. The highest BCUT2D eigenvalue weighted by atomic mass is 35.5. The molecule has 1 atom stereocenters. The highest BCUT2D eigenvalue weighted by Crippen LogP contribution is 2.32. The molecule has 0 bridgehead atoms. The van der Waals surface area contributed by atoms with Gasteiger partial charge in [-0.3, -0.25) is 9.59 Å². The van der Waals surface area contributed by atoms with Crippen LogP contribution in [-0.4, -0.2) is 39.0 Å². The number of unbranched alkanes of at least 4 members (excludes halogenated alkanes) is 1. The molecule has 0 aliphatic carbocycles. The molecule has 4 rings (SSSR count). The third-order valence-corrected chi connectivity index (χ3v) is 6.67. The van der Waals surface area contributed by atoms with Crippen molar-refractivity contribution < 1.29 is 24.2 Å². The number of carboxylic acid groups (broad SMARTS) is 1. The lowest BCUT2D eigenvalue weighted by Gasteiger charge is -2.20. The fourth-order valence-electron chi connectivity index (χ4n) is 4.49. The molecule has 38 heavy (non-hydrogen) atoms. The quantitative estimate of drug-likeness (QED) is 0.323. The molecule has 0 saturated carbocycles. The van der Waals surface area contributed by atoms with Crippen molar-refractivity contribution >= 4 is 35.2 Å². The molecule has 2 amide bonds. The summed E-state index contributed by atoms with van der Waals surface area (Å²) in [5.41, 5.74) is 2.45. The Hall–Kier alpha value is -3.85. The summed E-state index contributed by atoms with van der Waals surface area (Å²) in [4.78, 5) is 41.6. The fourth-order valence-corrected chi connectivity index (χ4v) is 4.72. The Kier molecular flexibility index (Phi) is 8.68. The van der Waals surface area contributed by atoms with Gasteiger partial charge >= 0.3 is 5.97 Å². The molecule has 0 fully saturated rings. The second-order valence-electron chi connectivity index (χ2n) is 9.20.